The van der Waals surface area contributed by atoms with E-state index in [2.05, 4.69) is 20.5 Å². The average Bonchev–Trinajstić information content (AvgIpc) is 2.95. The Morgan fingerprint density at radius 3 is 0.795 bits per heavy atom. The summed E-state index contributed by atoms with van der Waals surface area (Å²) in [6, 6.07) is 0. The van der Waals surface area contributed by atoms with Gasteiger partial charge in [0.1, 0.15) is 0 Å². The van der Waals surface area contributed by atoms with Gasteiger partial charge in [-0.05, 0) is 12.8 Å². The minimum atomic E-state index is 0.939. The molecule has 0 aliphatic carbocycles. The molecule has 0 atom stereocenters. The second-order valence-corrected chi connectivity index (χ2v) is 12.8. The molecule has 1 heteroatoms. The fourth-order valence-corrected chi connectivity index (χ4v) is 5.85. The first-order chi connectivity index (χ1) is 19.4. The van der Waals surface area contributed by atoms with Crippen molar-refractivity contribution in [3.05, 3.63) is 6.61 Å². The molecule has 1 radical (unpaired) electrons. The van der Waals surface area contributed by atoms with Crippen LogP contribution in [-0.2, 0) is 4.74 Å². The average molecular weight is 550 g/mol. The van der Waals surface area contributed by atoms with Crippen LogP contribution >= 0.6 is 0 Å². The van der Waals surface area contributed by atoms with Gasteiger partial charge in [-0.15, -0.1) is 0 Å². The molecule has 0 aliphatic heterocycles. The Bertz CT molecular complexity index is 356. The van der Waals surface area contributed by atoms with Crippen molar-refractivity contribution in [2.24, 2.45) is 0 Å². The molecule has 0 rings (SSSR count). The van der Waals surface area contributed by atoms with Gasteiger partial charge in [0.15, 0.2) is 0 Å². The van der Waals surface area contributed by atoms with E-state index < -0.39 is 0 Å². The molecule has 0 aliphatic rings. The van der Waals surface area contributed by atoms with E-state index in [4.69, 9.17) is 4.74 Å². The second kappa shape index (κ2) is 38.0. The lowest BCUT2D eigenvalue weighted by atomic mass is 10.0. The zero-order valence-corrected chi connectivity index (χ0v) is 27.7. The van der Waals surface area contributed by atoms with Crippen LogP contribution in [0, 0.1) is 6.61 Å². The van der Waals surface area contributed by atoms with Gasteiger partial charge in [0, 0.05) is 6.61 Å². The minimum Gasteiger partial charge on any atom is -0.376 e. The summed E-state index contributed by atoms with van der Waals surface area (Å²) in [7, 11) is 0. The molecule has 235 valence electrons. The van der Waals surface area contributed by atoms with Crippen molar-refractivity contribution in [3.63, 3.8) is 0 Å². The molecule has 0 amide bonds. The highest BCUT2D eigenvalue weighted by molar-refractivity contribution is 4.55. The van der Waals surface area contributed by atoms with Gasteiger partial charge >= 0.3 is 0 Å². The standard InChI is InChI=1S/C38H77O/c1-3-5-7-9-11-13-14-15-16-17-18-19-20-21-22-23-24-25-26-27-28-29-30-32-34-36-38-39-37-35-33-31-12-10-8-6-4-2/h38H,3-37H2,1-2H3. The predicted octanol–water partition coefficient (Wildman–Crippen LogP) is 14.5. The molecule has 0 spiro atoms. The molecule has 0 heterocycles. The van der Waals surface area contributed by atoms with Crippen molar-refractivity contribution in [1.82, 2.24) is 0 Å². The molecule has 0 bridgehead atoms. The third-order valence-corrected chi connectivity index (χ3v) is 8.66. The predicted molar refractivity (Wildman–Crippen MR) is 179 cm³/mol. The smallest absolute Gasteiger partial charge is 0.0836 e. The van der Waals surface area contributed by atoms with Gasteiger partial charge in [-0.3, -0.25) is 0 Å². The molecule has 0 aromatic carbocycles. The summed E-state index contributed by atoms with van der Waals surface area (Å²) in [5.74, 6) is 0. The van der Waals surface area contributed by atoms with Crippen molar-refractivity contribution >= 4 is 0 Å². The first-order valence-electron chi connectivity index (χ1n) is 18.8. The first-order valence-corrected chi connectivity index (χ1v) is 18.8. The highest BCUT2D eigenvalue weighted by Crippen LogP contribution is 2.16. The summed E-state index contributed by atoms with van der Waals surface area (Å²) in [6.07, 6.45) is 48.7. The second-order valence-electron chi connectivity index (χ2n) is 12.8. The summed E-state index contributed by atoms with van der Waals surface area (Å²) in [5, 5.41) is 0. The lowest BCUT2D eigenvalue weighted by Crippen LogP contribution is -1.92. The SMILES string of the molecule is CCCCCCCCCCCCCCCCCCCCCCCCCCC[CH]OCCCCCCCCCC. The molecule has 0 aromatic rings. The van der Waals surface area contributed by atoms with E-state index >= 15 is 0 Å². The van der Waals surface area contributed by atoms with Crippen LogP contribution in [0.15, 0.2) is 0 Å². The van der Waals surface area contributed by atoms with Crippen LogP contribution in [0.5, 0.6) is 0 Å². The number of hydrogen-bond acceptors (Lipinski definition) is 1. The fraction of sp³-hybridized carbons (Fsp3) is 0.974. The first kappa shape index (κ1) is 39.0. The Hall–Kier alpha value is -0.0400. The van der Waals surface area contributed by atoms with Crippen molar-refractivity contribution in [3.8, 4) is 0 Å². The van der Waals surface area contributed by atoms with Crippen LogP contribution in [0.2, 0.25) is 0 Å². The van der Waals surface area contributed by atoms with Crippen LogP contribution < -0.4 is 0 Å². The van der Waals surface area contributed by atoms with Crippen LogP contribution in [0.1, 0.15) is 232 Å². The van der Waals surface area contributed by atoms with E-state index in [0.29, 0.717) is 0 Å². The van der Waals surface area contributed by atoms with Gasteiger partial charge in [-0.1, -0.05) is 219 Å². The molecule has 0 aromatic heterocycles. The molecule has 0 saturated carbocycles. The van der Waals surface area contributed by atoms with Crippen molar-refractivity contribution < 1.29 is 4.74 Å². The Kier molecular flexibility index (Phi) is 37.9. The number of unbranched alkanes of at least 4 members (excludes halogenated alkanes) is 32. The highest BCUT2D eigenvalue weighted by atomic mass is 16.5. The van der Waals surface area contributed by atoms with Gasteiger partial charge in [-0.25, -0.2) is 0 Å². The number of rotatable bonds is 36. The summed E-state index contributed by atoms with van der Waals surface area (Å²) >= 11 is 0. The minimum absolute atomic E-state index is 0.939. The number of ether oxygens (including phenoxy) is 1. The van der Waals surface area contributed by atoms with Gasteiger partial charge in [-0.2, -0.15) is 0 Å². The van der Waals surface area contributed by atoms with Gasteiger partial charge in [0.05, 0.1) is 6.61 Å². The molecule has 0 fully saturated rings. The van der Waals surface area contributed by atoms with Crippen LogP contribution in [-0.4, -0.2) is 6.61 Å². The van der Waals surface area contributed by atoms with E-state index in [-0.39, 0.29) is 0 Å². The maximum atomic E-state index is 5.71. The maximum Gasteiger partial charge on any atom is 0.0836 e. The third kappa shape index (κ3) is 38.0. The topological polar surface area (TPSA) is 9.23 Å². The van der Waals surface area contributed by atoms with Crippen LogP contribution in [0.3, 0.4) is 0 Å². The lowest BCUT2D eigenvalue weighted by molar-refractivity contribution is 0.183. The van der Waals surface area contributed by atoms with Gasteiger partial charge in [0.2, 0.25) is 0 Å². The molecule has 39 heavy (non-hydrogen) atoms. The maximum absolute atomic E-state index is 5.71. The zero-order valence-electron chi connectivity index (χ0n) is 27.7. The van der Waals surface area contributed by atoms with Crippen molar-refractivity contribution in [2.45, 2.75) is 232 Å². The molecule has 1 nitrogen and oxygen atoms in total. The summed E-state index contributed by atoms with van der Waals surface area (Å²) in [6.45, 7) is 7.62. The van der Waals surface area contributed by atoms with E-state index in [1.807, 2.05) is 0 Å². The highest BCUT2D eigenvalue weighted by Gasteiger charge is 1.97. The Balaban J connectivity index is 3.01. The Labute approximate surface area is 249 Å². The van der Waals surface area contributed by atoms with E-state index in [1.54, 1.807) is 0 Å². The van der Waals surface area contributed by atoms with Crippen LogP contribution in [0.4, 0.5) is 0 Å². The largest absolute Gasteiger partial charge is 0.376 e. The van der Waals surface area contributed by atoms with Crippen molar-refractivity contribution in [2.75, 3.05) is 6.61 Å². The normalized spacial score (nSPS) is 11.5. The molecule has 0 saturated heterocycles. The molecular weight excluding hydrogens is 472 g/mol. The van der Waals surface area contributed by atoms with E-state index in [1.165, 1.54) is 212 Å². The molecular formula is C38H77O. The Morgan fingerprint density at radius 1 is 0.282 bits per heavy atom. The molecule has 0 unspecified atom stereocenters. The fourth-order valence-electron chi connectivity index (χ4n) is 5.85. The number of hydrogen-bond donors (Lipinski definition) is 0. The summed E-state index contributed by atoms with van der Waals surface area (Å²) in [4.78, 5) is 0. The lowest BCUT2D eigenvalue weighted by Gasteiger charge is -2.05. The monoisotopic (exact) mass is 550 g/mol. The van der Waals surface area contributed by atoms with Gasteiger partial charge in [0.25, 0.3) is 0 Å². The summed E-state index contributed by atoms with van der Waals surface area (Å²) < 4.78 is 5.71. The van der Waals surface area contributed by atoms with Crippen molar-refractivity contribution in [1.29, 1.82) is 0 Å². The quantitative estimate of drug-likeness (QED) is 0.0706. The Morgan fingerprint density at radius 2 is 0.513 bits per heavy atom. The van der Waals surface area contributed by atoms with E-state index in [0.717, 1.165) is 13.0 Å². The van der Waals surface area contributed by atoms with Gasteiger partial charge < -0.3 is 4.74 Å². The third-order valence-electron chi connectivity index (χ3n) is 8.66. The zero-order chi connectivity index (χ0) is 28.2. The summed E-state index contributed by atoms with van der Waals surface area (Å²) in [5.41, 5.74) is 0. The van der Waals surface area contributed by atoms with E-state index in [9.17, 15) is 0 Å². The van der Waals surface area contributed by atoms with Crippen LogP contribution in [0.25, 0.3) is 0 Å². The molecule has 0 N–H and O–H groups in total.